The summed E-state index contributed by atoms with van der Waals surface area (Å²) in [6, 6.07) is 25.0. The van der Waals surface area contributed by atoms with Gasteiger partial charge >= 0.3 is 0 Å². The van der Waals surface area contributed by atoms with Crippen LogP contribution < -0.4 is 9.47 Å². The number of halogens is 2. The zero-order valence-electron chi connectivity index (χ0n) is 19.7. The Labute approximate surface area is 237 Å². The zero-order chi connectivity index (χ0) is 25.9. The summed E-state index contributed by atoms with van der Waals surface area (Å²) in [7, 11) is 1.57. The second-order valence-electron chi connectivity index (χ2n) is 8.32. The molecule has 37 heavy (non-hydrogen) atoms. The minimum absolute atomic E-state index is 0.221. The lowest BCUT2D eigenvalue weighted by Gasteiger charge is -2.15. The number of benzene rings is 4. The van der Waals surface area contributed by atoms with Crippen LogP contribution in [0.15, 0.2) is 83.8 Å². The Bertz CT molecular complexity index is 1550. The predicted octanol–water partition coefficient (Wildman–Crippen LogP) is 7.92. The van der Waals surface area contributed by atoms with E-state index in [4.69, 9.17) is 21.1 Å². The first kappa shape index (κ1) is 25.6. The van der Waals surface area contributed by atoms with Crippen molar-refractivity contribution >= 4 is 73.9 Å². The van der Waals surface area contributed by atoms with E-state index in [1.54, 1.807) is 19.3 Å². The summed E-state index contributed by atoms with van der Waals surface area (Å²) in [5.41, 5.74) is 2.53. The molecule has 0 bridgehead atoms. The van der Waals surface area contributed by atoms with E-state index in [9.17, 15) is 9.59 Å². The molecule has 4 aromatic carbocycles. The van der Waals surface area contributed by atoms with Crippen molar-refractivity contribution in [2.75, 3.05) is 7.11 Å². The second kappa shape index (κ2) is 11.2. The molecule has 186 valence electrons. The van der Waals surface area contributed by atoms with Gasteiger partial charge in [-0.1, -0.05) is 72.3 Å². The summed E-state index contributed by atoms with van der Waals surface area (Å²) >= 11 is 9.37. The lowest BCUT2D eigenvalue weighted by atomic mass is 10.0. The van der Waals surface area contributed by atoms with E-state index in [-0.39, 0.29) is 17.7 Å². The number of imide groups is 1. The topological polar surface area (TPSA) is 55.8 Å². The molecule has 1 aliphatic rings. The Morgan fingerprint density at radius 1 is 0.973 bits per heavy atom. The fourth-order valence-corrected chi connectivity index (χ4v) is 5.93. The largest absolute Gasteiger partial charge is 0.493 e. The van der Waals surface area contributed by atoms with Gasteiger partial charge in [-0.05, 0) is 80.5 Å². The van der Waals surface area contributed by atoms with Gasteiger partial charge in [0.25, 0.3) is 11.1 Å². The molecule has 2 amide bonds. The molecule has 8 heteroatoms. The van der Waals surface area contributed by atoms with Crippen LogP contribution in [-0.4, -0.2) is 23.2 Å². The van der Waals surface area contributed by atoms with Crippen LogP contribution >= 0.6 is 46.0 Å². The maximum Gasteiger partial charge on any atom is 0.293 e. The number of carbonyl (C=O) groups is 2. The highest BCUT2D eigenvalue weighted by atomic mass is 127. The summed E-state index contributed by atoms with van der Waals surface area (Å²) in [6.45, 7) is 0.511. The van der Waals surface area contributed by atoms with Crippen molar-refractivity contribution in [3.8, 4) is 11.5 Å². The van der Waals surface area contributed by atoms with Crippen molar-refractivity contribution in [3.63, 3.8) is 0 Å². The first-order chi connectivity index (χ1) is 17.9. The van der Waals surface area contributed by atoms with Crippen molar-refractivity contribution in [2.45, 2.75) is 13.2 Å². The summed E-state index contributed by atoms with van der Waals surface area (Å²) in [4.78, 5) is 27.7. The van der Waals surface area contributed by atoms with E-state index in [0.29, 0.717) is 28.0 Å². The minimum atomic E-state index is -0.309. The van der Waals surface area contributed by atoms with Crippen LogP contribution in [0.25, 0.3) is 16.8 Å². The number of ether oxygens (including phenoxy) is 2. The normalized spacial score (nSPS) is 14.6. The molecular formula is C29H21ClINO4S. The molecule has 0 aliphatic carbocycles. The number of carbonyl (C=O) groups excluding carboxylic acids is 2. The Morgan fingerprint density at radius 3 is 2.51 bits per heavy atom. The number of hydrogen-bond acceptors (Lipinski definition) is 5. The zero-order valence-corrected chi connectivity index (χ0v) is 23.5. The van der Waals surface area contributed by atoms with Gasteiger partial charge in [-0.3, -0.25) is 14.5 Å². The van der Waals surface area contributed by atoms with Crippen LogP contribution in [-0.2, 0) is 17.9 Å². The molecule has 0 N–H and O–H groups in total. The first-order valence-corrected chi connectivity index (χ1v) is 13.7. The van der Waals surface area contributed by atoms with Gasteiger partial charge in [0.1, 0.15) is 6.61 Å². The maximum atomic E-state index is 13.2. The van der Waals surface area contributed by atoms with Crippen molar-refractivity contribution in [1.29, 1.82) is 0 Å². The Morgan fingerprint density at radius 2 is 1.70 bits per heavy atom. The summed E-state index contributed by atoms with van der Waals surface area (Å²) in [6.07, 6.45) is 1.72. The Balaban J connectivity index is 1.37. The molecule has 0 radical (unpaired) electrons. The number of methoxy groups -OCH3 is 1. The van der Waals surface area contributed by atoms with Crippen LogP contribution in [0.4, 0.5) is 4.79 Å². The fourth-order valence-electron chi connectivity index (χ4n) is 4.12. The van der Waals surface area contributed by atoms with Gasteiger partial charge < -0.3 is 9.47 Å². The first-order valence-electron chi connectivity index (χ1n) is 11.4. The molecule has 0 unspecified atom stereocenters. The smallest absolute Gasteiger partial charge is 0.293 e. The number of thioether (sulfide) groups is 1. The molecule has 1 aliphatic heterocycles. The number of fused-ring (bicyclic) bond motifs is 1. The molecule has 1 heterocycles. The Kier molecular flexibility index (Phi) is 7.73. The van der Waals surface area contributed by atoms with Crippen LogP contribution in [0.2, 0.25) is 5.02 Å². The molecule has 0 saturated carbocycles. The van der Waals surface area contributed by atoms with Crippen molar-refractivity contribution in [2.24, 2.45) is 0 Å². The van der Waals surface area contributed by atoms with E-state index in [2.05, 4.69) is 22.6 Å². The van der Waals surface area contributed by atoms with E-state index in [0.717, 1.165) is 42.8 Å². The highest BCUT2D eigenvalue weighted by Gasteiger charge is 2.35. The van der Waals surface area contributed by atoms with Gasteiger partial charge in [0, 0.05) is 10.6 Å². The molecule has 5 rings (SSSR count). The van der Waals surface area contributed by atoms with Crippen molar-refractivity contribution in [3.05, 3.63) is 109 Å². The predicted molar refractivity (Wildman–Crippen MR) is 157 cm³/mol. The molecule has 1 fully saturated rings. The summed E-state index contributed by atoms with van der Waals surface area (Å²) in [5, 5.41) is 2.44. The second-order valence-corrected chi connectivity index (χ2v) is 10.9. The van der Waals surface area contributed by atoms with Crippen LogP contribution in [0, 0.1) is 3.57 Å². The molecule has 4 aromatic rings. The van der Waals surface area contributed by atoms with E-state index in [1.807, 2.05) is 72.8 Å². The highest BCUT2D eigenvalue weighted by molar-refractivity contribution is 14.1. The number of amides is 2. The van der Waals surface area contributed by atoms with E-state index in [1.165, 1.54) is 4.90 Å². The van der Waals surface area contributed by atoms with E-state index < -0.39 is 0 Å². The van der Waals surface area contributed by atoms with Gasteiger partial charge in [-0.25, -0.2) is 0 Å². The van der Waals surface area contributed by atoms with Gasteiger partial charge in [-0.15, -0.1) is 0 Å². The van der Waals surface area contributed by atoms with E-state index >= 15 is 0 Å². The summed E-state index contributed by atoms with van der Waals surface area (Å²) in [5.74, 6) is 0.806. The lowest BCUT2D eigenvalue weighted by Crippen LogP contribution is -2.27. The number of hydrogen-bond donors (Lipinski definition) is 0. The third kappa shape index (κ3) is 5.49. The average molecular weight is 642 g/mol. The van der Waals surface area contributed by atoms with Crippen molar-refractivity contribution in [1.82, 2.24) is 4.90 Å². The average Bonchev–Trinajstić information content (AvgIpc) is 3.16. The number of nitrogens with zero attached hydrogens (tertiary/aromatic N) is 1. The third-order valence-corrected chi connectivity index (χ3v) is 8.04. The van der Waals surface area contributed by atoms with Gasteiger partial charge in [0.15, 0.2) is 11.5 Å². The molecule has 0 spiro atoms. The van der Waals surface area contributed by atoms with Gasteiger partial charge in [0.05, 0.1) is 22.1 Å². The molecule has 5 nitrogen and oxygen atoms in total. The van der Waals surface area contributed by atoms with Crippen LogP contribution in [0.1, 0.15) is 16.7 Å². The van der Waals surface area contributed by atoms with Gasteiger partial charge in [0.2, 0.25) is 0 Å². The fraction of sp³-hybridized carbons (Fsp3) is 0.103. The SMILES string of the molecule is COc1cc(/C=C2\SC(=O)N(Cc3cccc4ccccc34)C2=O)cc(I)c1OCc1ccccc1Cl. The Hall–Kier alpha value is -3.01. The van der Waals surface area contributed by atoms with Crippen LogP contribution in [0.3, 0.4) is 0 Å². The van der Waals surface area contributed by atoms with Gasteiger partial charge in [-0.2, -0.15) is 0 Å². The number of rotatable bonds is 7. The maximum absolute atomic E-state index is 13.2. The molecular weight excluding hydrogens is 621 g/mol. The molecule has 1 saturated heterocycles. The summed E-state index contributed by atoms with van der Waals surface area (Å²) < 4.78 is 12.4. The monoisotopic (exact) mass is 641 g/mol. The highest BCUT2D eigenvalue weighted by Crippen LogP contribution is 2.38. The lowest BCUT2D eigenvalue weighted by molar-refractivity contribution is -0.123. The van der Waals surface area contributed by atoms with Crippen LogP contribution in [0.5, 0.6) is 11.5 Å². The molecule has 0 aromatic heterocycles. The third-order valence-electron chi connectivity index (χ3n) is 5.96. The van der Waals surface area contributed by atoms with Crippen molar-refractivity contribution < 1.29 is 19.1 Å². The minimum Gasteiger partial charge on any atom is -0.493 e. The molecule has 0 atom stereocenters. The quantitative estimate of drug-likeness (QED) is 0.152. The standard InChI is InChI=1S/C29H21ClINO4S/c1-35-25-14-18(13-24(31)27(25)36-17-21-8-3-5-12-23(21)30)15-26-28(33)32(29(34)37-26)16-20-10-6-9-19-7-2-4-11-22(19)20/h2-15H,16-17H2,1H3/b26-15-.